The van der Waals surface area contributed by atoms with E-state index in [1.807, 2.05) is 24.3 Å². The van der Waals surface area contributed by atoms with Gasteiger partial charge in [0, 0.05) is 18.5 Å². The molecule has 0 aliphatic heterocycles. The summed E-state index contributed by atoms with van der Waals surface area (Å²) >= 11 is 0. The first kappa shape index (κ1) is 18.9. The number of benzene rings is 2. The molecule has 2 aromatic carbocycles. The fourth-order valence-electron chi connectivity index (χ4n) is 4.60. The zero-order valence-corrected chi connectivity index (χ0v) is 17.8. The summed E-state index contributed by atoms with van der Waals surface area (Å²) in [5.74, 6) is 2.43. The van der Waals surface area contributed by atoms with Gasteiger partial charge in [-0.15, -0.1) is 10.2 Å². The Morgan fingerprint density at radius 3 is 2.63 bits per heavy atom. The molecule has 0 spiro atoms. The van der Waals surface area contributed by atoms with Gasteiger partial charge in [-0.2, -0.15) is 0 Å². The SMILES string of the molecule is COc1ccccc1-c1nnc2c3cc(C)ccc3nc(N(C)C3CCCCC3)n12. The number of aryl methyl sites for hydroxylation is 1. The van der Waals surface area contributed by atoms with E-state index in [4.69, 9.17) is 9.72 Å². The Morgan fingerprint density at radius 1 is 1.03 bits per heavy atom. The number of para-hydroxylation sites is 1. The smallest absolute Gasteiger partial charge is 0.213 e. The molecule has 0 amide bonds. The van der Waals surface area contributed by atoms with E-state index in [0.29, 0.717) is 6.04 Å². The quantitative estimate of drug-likeness (QED) is 0.480. The maximum absolute atomic E-state index is 5.63. The van der Waals surface area contributed by atoms with Crippen LogP contribution in [0.2, 0.25) is 0 Å². The average molecular weight is 402 g/mol. The molecule has 154 valence electrons. The number of anilines is 1. The minimum Gasteiger partial charge on any atom is -0.496 e. The average Bonchev–Trinajstić information content (AvgIpc) is 3.24. The zero-order chi connectivity index (χ0) is 20.7. The molecule has 30 heavy (non-hydrogen) atoms. The topological polar surface area (TPSA) is 55.6 Å². The van der Waals surface area contributed by atoms with Crippen LogP contribution < -0.4 is 9.64 Å². The van der Waals surface area contributed by atoms with Crippen molar-refractivity contribution >= 4 is 22.5 Å². The van der Waals surface area contributed by atoms with Crippen LogP contribution in [-0.2, 0) is 0 Å². The van der Waals surface area contributed by atoms with Crippen LogP contribution in [0.15, 0.2) is 42.5 Å². The third-order valence-electron chi connectivity index (χ3n) is 6.26. The zero-order valence-electron chi connectivity index (χ0n) is 17.8. The monoisotopic (exact) mass is 401 g/mol. The van der Waals surface area contributed by atoms with Gasteiger partial charge in [0.2, 0.25) is 5.95 Å². The number of aromatic nitrogens is 4. The van der Waals surface area contributed by atoms with Gasteiger partial charge in [-0.3, -0.25) is 0 Å². The van der Waals surface area contributed by atoms with Crippen LogP contribution in [0.25, 0.3) is 27.9 Å². The summed E-state index contributed by atoms with van der Waals surface area (Å²) in [5, 5.41) is 10.2. The van der Waals surface area contributed by atoms with Gasteiger partial charge in [-0.1, -0.05) is 43.0 Å². The minimum absolute atomic E-state index is 0.477. The normalized spacial score (nSPS) is 15.0. The summed E-state index contributed by atoms with van der Waals surface area (Å²) in [4.78, 5) is 7.43. The lowest BCUT2D eigenvalue weighted by Crippen LogP contribution is -2.35. The molecule has 2 heterocycles. The predicted octanol–water partition coefficient (Wildman–Crippen LogP) is 5.03. The number of ether oxygens (including phenoxy) is 1. The Bertz CT molecular complexity index is 1210. The van der Waals surface area contributed by atoms with Crippen molar-refractivity contribution in [1.82, 2.24) is 19.6 Å². The second kappa shape index (κ2) is 7.59. The van der Waals surface area contributed by atoms with E-state index in [0.717, 1.165) is 39.6 Å². The third-order valence-corrected chi connectivity index (χ3v) is 6.26. The molecule has 0 N–H and O–H groups in total. The number of hydrogen-bond acceptors (Lipinski definition) is 5. The number of nitrogens with zero attached hydrogens (tertiary/aromatic N) is 5. The van der Waals surface area contributed by atoms with Crippen LogP contribution in [0.5, 0.6) is 5.75 Å². The maximum atomic E-state index is 5.63. The first-order valence-electron chi connectivity index (χ1n) is 10.7. The summed E-state index contributed by atoms with van der Waals surface area (Å²) in [6.45, 7) is 2.09. The van der Waals surface area contributed by atoms with E-state index in [2.05, 4.69) is 51.7 Å². The number of rotatable bonds is 4. The number of hydrogen-bond donors (Lipinski definition) is 0. The molecule has 1 fully saturated rings. The molecule has 4 aromatic rings. The maximum Gasteiger partial charge on any atom is 0.213 e. The van der Waals surface area contributed by atoms with E-state index in [9.17, 15) is 0 Å². The van der Waals surface area contributed by atoms with E-state index in [-0.39, 0.29) is 0 Å². The second-order valence-corrected chi connectivity index (χ2v) is 8.22. The standard InChI is InChI=1S/C24H27N5O/c1-16-13-14-20-19(15-16)23-27-26-22(18-11-7-8-12-21(18)30-3)29(23)24(25-20)28(2)17-9-5-4-6-10-17/h7-8,11-15,17H,4-6,9-10H2,1-3H3. The van der Waals surface area contributed by atoms with Gasteiger partial charge >= 0.3 is 0 Å². The Morgan fingerprint density at radius 2 is 1.83 bits per heavy atom. The molecular formula is C24H27N5O. The van der Waals surface area contributed by atoms with E-state index in [1.165, 1.54) is 37.7 Å². The van der Waals surface area contributed by atoms with E-state index >= 15 is 0 Å². The molecule has 1 saturated carbocycles. The number of methoxy groups -OCH3 is 1. The van der Waals surface area contributed by atoms with Crippen LogP contribution in [0, 0.1) is 6.92 Å². The molecule has 0 unspecified atom stereocenters. The highest BCUT2D eigenvalue weighted by Gasteiger charge is 2.25. The molecule has 5 rings (SSSR count). The van der Waals surface area contributed by atoms with Crippen molar-refractivity contribution in [2.75, 3.05) is 19.1 Å². The van der Waals surface area contributed by atoms with Crippen molar-refractivity contribution in [3.63, 3.8) is 0 Å². The van der Waals surface area contributed by atoms with Gasteiger partial charge in [-0.05, 0) is 44.0 Å². The molecule has 1 aliphatic rings. The molecule has 0 bridgehead atoms. The fraction of sp³-hybridized carbons (Fsp3) is 0.375. The first-order chi connectivity index (χ1) is 14.7. The van der Waals surface area contributed by atoms with Gasteiger partial charge < -0.3 is 9.64 Å². The van der Waals surface area contributed by atoms with Gasteiger partial charge in [0.15, 0.2) is 11.5 Å². The lowest BCUT2D eigenvalue weighted by atomic mass is 9.95. The van der Waals surface area contributed by atoms with E-state index < -0.39 is 0 Å². The minimum atomic E-state index is 0.477. The summed E-state index contributed by atoms with van der Waals surface area (Å²) in [7, 11) is 3.85. The summed E-state index contributed by atoms with van der Waals surface area (Å²) < 4.78 is 7.73. The van der Waals surface area contributed by atoms with Crippen LogP contribution >= 0.6 is 0 Å². The van der Waals surface area contributed by atoms with Gasteiger partial charge in [0.25, 0.3) is 0 Å². The first-order valence-corrected chi connectivity index (χ1v) is 10.7. The van der Waals surface area contributed by atoms with Gasteiger partial charge in [0.05, 0.1) is 18.2 Å². The van der Waals surface area contributed by atoms with Crippen LogP contribution in [0.3, 0.4) is 0 Å². The third kappa shape index (κ3) is 3.07. The van der Waals surface area contributed by atoms with Crippen molar-refractivity contribution < 1.29 is 4.74 Å². The Kier molecular flexibility index (Phi) is 4.77. The highest BCUT2D eigenvalue weighted by molar-refractivity contribution is 5.94. The summed E-state index contributed by atoms with van der Waals surface area (Å²) in [6, 6.07) is 14.8. The highest BCUT2D eigenvalue weighted by atomic mass is 16.5. The fourth-order valence-corrected chi connectivity index (χ4v) is 4.60. The van der Waals surface area contributed by atoms with Crippen molar-refractivity contribution in [2.45, 2.75) is 45.1 Å². The van der Waals surface area contributed by atoms with Crippen LogP contribution in [0.1, 0.15) is 37.7 Å². The van der Waals surface area contributed by atoms with Crippen molar-refractivity contribution in [1.29, 1.82) is 0 Å². The highest BCUT2D eigenvalue weighted by Crippen LogP contribution is 2.34. The van der Waals surface area contributed by atoms with E-state index in [1.54, 1.807) is 7.11 Å². The van der Waals surface area contributed by atoms with Crippen molar-refractivity contribution in [3.05, 3.63) is 48.0 Å². The summed E-state index contributed by atoms with van der Waals surface area (Å²) in [6.07, 6.45) is 6.25. The van der Waals surface area contributed by atoms with Crippen molar-refractivity contribution in [3.8, 4) is 17.1 Å². The summed E-state index contributed by atoms with van der Waals surface area (Å²) in [5.41, 5.74) is 3.88. The molecule has 2 aromatic heterocycles. The predicted molar refractivity (Wildman–Crippen MR) is 120 cm³/mol. The molecule has 6 nitrogen and oxygen atoms in total. The van der Waals surface area contributed by atoms with Crippen molar-refractivity contribution in [2.24, 2.45) is 0 Å². The molecule has 0 saturated heterocycles. The Balaban J connectivity index is 1.80. The molecular weight excluding hydrogens is 374 g/mol. The molecule has 1 aliphatic carbocycles. The van der Waals surface area contributed by atoms with Crippen LogP contribution in [0.4, 0.5) is 5.95 Å². The lowest BCUT2D eigenvalue weighted by molar-refractivity contribution is 0.416. The molecule has 0 radical (unpaired) electrons. The lowest BCUT2D eigenvalue weighted by Gasteiger charge is -2.32. The van der Waals surface area contributed by atoms with Gasteiger partial charge in [-0.25, -0.2) is 9.38 Å². The van der Waals surface area contributed by atoms with Gasteiger partial charge in [0.1, 0.15) is 5.75 Å². The number of fused-ring (bicyclic) bond motifs is 3. The second-order valence-electron chi connectivity index (χ2n) is 8.22. The Labute approximate surface area is 176 Å². The largest absolute Gasteiger partial charge is 0.496 e. The molecule has 6 heteroatoms. The Hall–Kier alpha value is -3.15. The van der Waals surface area contributed by atoms with Crippen LogP contribution in [-0.4, -0.2) is 39.8 Å². The molecule has 0 atom stereocenters.